The quantitative estimate of drug-likeness (QED) is 0.780. The lowest BCUT2D eigenvalue weighted by Crippen LogP contribution is -2.26. The Morgan fingerprint density at radius 3 is 2.46 bits per heavy atom. The average Bonchev–Trinajstić information content (AvgIpc) is 2.68. The summed E-state index contributed by atoms with van der Waals surface area (Å²) in [5.74, 6) is 0.171. The minimum atomic E-state index is -1.09. The second-order valence-electron chi connectivity index (χ2n) is 6.45. The van der Waals surface area contributed by atoms with Crippen LogP contribution in [0.5, 0.6) is 0 Å². The molecule has 1 aromatic heterocycles. The molecule has 26 heavy (non-hydrogen) atoms. The molecule has 2 aromatic carbocycles. The first-order valence-corrected chi connectivity index (χ1v) is 8.68. The molecule has 1 N–H and O–H groups in total. The molecule has 5 nitrogen and oxygen atoms in total. The molecule has 0 radical (unpaired) electrons. The summed E-state index contributed by atoms with van der Waals surface area (Å²) < 4.78 is 17.3. The van der Waals surface area contributed by atoms with Gasteiger partial charge in [0.05, 0.1) is 24.2 Å². The van der Waals surface area contributed by atoms with Crippen LogP contribution < -0.4 is 5.43 Å². The summed E-state index contributed by atoms with van der Waals surface area (Å²) in [6.07, 6.45) is -1.15. The number of hydrogen-bond donors (Lipinski definition) is 1. The zero-order chi connectivity index (χ0) is 18.1. The second kappa shape index (κ2) is 7.03. The number of rotatable bonds is 3. The van der Waals surface area contributed by atoms with E-state index in [0.717, 1.165) is 12.0 Å². The van der Waals surface area contributed by atoms with Crippen LogP contribution in [0.2, 0.25) is 0 Å². The number of ether oxygens (including phenoxy) is 2. The molecule has 0 aliphatic carbocycles. The first-order valence-electron chi connectivity index (χ1n) is 8.68. The van der Waals surface area contributed by atoms with Crippen LogP contribution in [0.25, 0.3) is 11.0 Å². The fourth-order valence-corrected chi connectivity index (χ4v) is 3.15. The number of aliphatic hydroxyl groups is 1. The molecule has 0 amide bonds. The summed E-state index contributed by atoms with van der Waals surface area (Å²) in [6.45, 7) is 2.97. The molecule has 3 aromatic rings. The van der Waals surface area contributed by atoms with Gasteiger partial charge in [-0.2, -0.15) is 0 Å². The van der Waals surface area contributed by atoms with Crippen molar-refractivity contribution in [2.75, 3.05) is 13.2 Å². The summed E-state index contributed by atoms with van der Waals surface area (Å²) in [5.41, 5.74) is 2.15. The van der Waals surface area contributed by atoms with Crippen LogP contribution in [0.4, 0.5) is 0 Å². The molecule has 1 aliphatic rings. The van der Waals surface area contributed by atoms with Crippen LogP contribution in [-0.4, -0.2) is 18.3 Å². The molecular weight excluding hydrogens is 332 g/mol. The van der Waals surface area contributed by atoms with Crippen LogP contribution in [0.1, 0.15) is 41.3 Å². The number of para-hydroxylation sites is 1. The van der Waals surface area contributed by atoms with Crippen LogP contribution in [-0.2, 0) is 9.47 Å². The molecular formula is C21H20O5. The highest BCUT2D eigenvalue weighted by Crippen LogP contribution is 2.32. The SMILES string of the molecule is Cc1ccc(C(O)c2oc3ccccc3c(=O)c2C2OCCCO2)cc1. The van der Waals surface area contributed by atoms with E-state index in [1.807, 2.05) is 31.2 Å². The number of aliphatic hydroxyl groups excluding tert-OH is 1. The van der Waals surface area contributed by atoms with Gasteiger partial charge in [-0.3, -0.25) is 4.79 Å². The number of hydrogen-bond acceptors (Lipinski definition) is 5. The van der Waals surface area contributed by atoms with Gasteiger partial charge < -0.3 is 19.0 Å². The lowest BCUT2D eigenvalue weighted by Gasteiger charge is -2.25. The van der Waals surface area contributed by atoms with E-state index < -0.39 is 12.4 Å². The largest absolute Gasteiger partial charge is 0.457 e. The lowest BCUT2D eigenvalue weighted by atomic mass is 10.00. The Kier molecular flexibility index (Phi) is 4.59. The van der Waals surface area contributed by atoms with E-state index in [9.17, 15) is 9.90 Å². The van der Waals surface area contributed by atoms with Crippen LogP contribution in [0, 0.1) is 6.92 Å². The zero-order valence-corrected chi connectivity index (χ0v) is 14.5. The van der Waals surface area contributed by atoms with Crippen molar-refractivity contribution in [2.45, 2.75) is 25.7 Å². The van der Waals surface area contributed by atoms with Gasteiger partial charge in [-0.1, -0.05) is 42.0 Å². The third-order valence-electron chi connectivity index (χ3n) is 4.57. The van der Waals surface area contributed by atoms with Crippen LogP contribution in [0.15, 0.2) is 57.7 Å². The molecule has 0 bridgehead atoms. The average molecular weight is 352 g/mol. The predicted molar refractivity (Wildman–Crippen MR) is 97.0 cm³/mol. The van der Waals surface area contributed by atoms with Crippen molar-refractivity contribution >= 4 is 11.0 Å². The lowest BCUT2D eigenvalue weighted by molar-refractivity contribution is -0.184. The maximum absolute atomic E-state index is 13.1. The van der Waals surface area contributed by atoms with Crippen molar-refractivity contribution in [3.8, 4) is 0 Å². The maximum atomic E-state index is 13.1. The van der Waals surface area contributed by atoms with Gasteiger partial charge in [-0.25, -0.2) is 0 Å². The van der Waals surface area contributed by atoms with E-state index in [0.29, 0.717) is 29.7 Å². The van der Waals surface area contributed by atoms with Crippen molar-refractivity contribution in [3.63, 3.8) is 0 Å². The van der Waals surface area contributed by atoms with Gasteiger partial charge in [0.25, 0.3) is 0 Å². The summed E-state index contributed by atoms with van der Waals surface area (Å²) >= 11 is 0. The molecule has 1 fully saturated rings. The van der Waals surface area contributed by atoms with Crippen molar-refractivity contribution < 1.29 is 19.0 Å². The molecule has 134 valence electrons. The minimum absolute atomic E-state index is 0.171. The Morgan fingerprint density at radius 2 is 1.73 bits per heavy atom. The summed E-state index contributed by atoms with van der Waals surface area (Å²) in [5, 5.41) is 11.4. The number of fused-ring (bicyclic) bond motifs is 1. The van der Waals surface area contributed by atoms with E-state index in [4.69, 9.17) is 13.9 Å². The monoisotopic (exact) mass is 352 g/mol. The van der Waals surface area contributed by atoms with Crippen LogP contribution >= 0.6 is 0 Å². The molecule has 5 heteroatoms. The fraction of sp³-hybridized carbons (Fsp3) is 0.286. The molecule has 0 saturated carbocycles. The van der Waals surface area contributed by atoms with Crippen molar-refractivity contribution in [1.29, 1.82) is 0 Å². The Labute approximate surface area is 150 Å². The molecule has 4 rings (SSSR count). The summed E-state index contributed by atoms with van der Waals surface area (Å²) in [6, 6.07) is 14.4. The van der Waals surface area contributed by atoms with Gasteiger partial charge in [0.1, 0.15) is 17.4 Å². The van der Waals surface area contributed by atoms with Gasteiger partial charge in [-0.05, 0) is 31.0 Å². The Bertz CT molecular complexity index is 968. The van der Waals surface area contributed by atoms with E-state index in [1.54, 1.807) is 24.3 Å². The minimum Gasteiger partial charge on any atom is -0.457 e. The van der Waals surface area contributed by atoms with Gasteiger partial charge in [0, 0.05) is 0 Å². The van der Waals surface area contributed by atoms with Crippen molar-refractivity contribution in [1.82, 2.24) is 0 Å². The van der Waals surface area contributed by atoms with Gasteiger partial charge in [0.2, 0.25) is 5.43 Å². The second-order valence-corrected chi connectivity index (χ2v) is 6.45. The smallest absolute Gasteiger partial charge is 0.201 e. The molecule has 0 spiro atoms. The topological polar surface area (TPSA) is 68.9 Å². The van der Waals surface area contributed by atoms with Crippen molar-refractivity contribution in [2.24, 2.45) is 0 Å². The number of aryl methyl sites for hydroxylation is 1. The molecule has 1 atom stereocenters. The normalized spacial score (nSPS) is 16.7. The highest BCUT2D eigenvalue weighted by atomic mass is 16.7. The highest BCUT2D eigenvalue weighted by Gasteiger charge is 2.30. The molecule has 2 heterocycles. The van der Waals surface area contributed by atoms with Gasteiger partial charge in [0.15, 0.2) is 6.29 Å². The number of benzene rings is 2. The molecule has 1 aliphatic heterocycles. The summed E-state index contributed by atoms with van der Waals surface area (Å²) in [7, 11) is 0. The van der Waals surface area contributed by atoms with E-state index in [2.05, 4.69) is 0 Å². The van der Waals surface area contributed by atoms with Crippen molar-refractivity contribution in [3.05, 3.63) is 81.2 Å². The Morgan fingerprint density at radius 1 is 1.04 bits per heavy atom. The van der Waals surface area contributed by atoms with Gasteiger partial charge >= 0.3 is 0 Å². The Balaban J connectivity index is 1.91. The highest BCUT2D eigenvalue weighted by molar-refractivity contribution is 5.77. The third-order valence-corrected chi connectivity index (χ3v) is 4.57. The zero-order valence-electron chi connectivity index (χ0n) is 14.5. The van der Waals surface area contributed by atoms with Crippen LogP contribution in [0.3, 0.4) is 0 Å². The van der Waals surface area contributed by atoms with E-state index >= 15 is 0 Å². The van der Waals surface area contributed by atoms with E-state index in [1.165, 1.54) is 0 Å². The fourth-order valence-electron chi connectivity index (χ4n) is 3.15. The standard InChI is InChI=1S/C21H20O5/c1-13-7-9-14(10-8-13)18(22)20-17(21-24-11-4-12-25-21)19(23)15-5-2-3-6-16(15)26-20/h2-3,5-10,18,21-22H,4,11-12H2,1H3. The Hall–Kier alpha value is -2.47. The molecule has 1 unspecified atom stereocenters. The van der Waals surface area contributed by atoms with E-state index in [-0.39, 0.29) is 16.8 Å². The summed E-state index contributed by atoms with van der Waals surface area (Å²) in [4.78, 5) is 13.1. The van der Waals surface area contributed by atoms with Gasteiger partial charge in [-0.15, -0.1) is 0 Å². The predicted octanol–water partition coefficient (Wildman–Crippen LogP) is 3.62. The molecule has 1 saturated heterocycles. The first kappa shape index (κ1) is 17.0. The maximum Gasteiger partial charge on any atom is 0.201 e. The third kappa shape index (κ3) is 3.05. The first-order chi connectivity index (χ1) is 12.6.